The third-order valence-corrected chi connectivity index (χ3v) is 5.00. The highest BCUT2D eigenvalue weighted by Crippen LogP contribution is 2.24. The predicted octanol–water partition coefficient (Wildman–Crippen LogP) is 2.98. The number of thioether (sulfide) groups is 1. The lowest BCUT2D eigenvalue weighted by atomic mass is 10.1. The number of amides is 1. The normalized spacial score (nSPS) is 10.7. The Hall–Kier alpha value is -2.91. The van der Waals surface area contributed by atoms with Gasteiger partial charge in [0, 0.05) is 13.3 Å². The van der Waals surface area contributed by atoms with E-state index in [1.54, 1.807) is 31.8 Å². The monoisotopic (exact) mass is 413 g/mol. The fourth-order valence-corrected chi connectivity index (χ4v) is 3.39. The summed E-state index contributed by atoms with van der Waals surface area (Å²) in [6, 6.07) is 11.6. The molecule has 0 aliphatic heterocycles. The zero-order valence-electron chi connectivity index (χ0n) is 16.4. The first-order chi connectivity index (χ1) is 14.2. The number of carbonyl (C=O) groups excluding carboxylic acids is 1. The maximum Gasteiger partial charge on any atom is 0.237 e. The molecule has 1 amide bonds. The summed E-state index contributed by atoms with van der Waals surface area (Å²) in [5, 5.41) is 11.7. The van der Waals surface area contributed by atoms with Crippen LogP contribution in [-0.2, 0) is 16.0 Å². The summed E-state index contributed by atoms with van der Waals surface area (Å²) in [6.07, 6.45) is 4.17. The minimum atomic E-state index is -0.182. The molecule has 0 unspecified atom stereocenters. The SMILES string of the molecule is CCc1ccccc1-n1cnnc1SCC(=O)Nc1cccnc1OCCOC. The third kappa shape index (κ3) is 5.55. The minimum Gasteiger partial charge on any atom is -0.474 e. The molecular formula is C20H23N5O3S. The molecule has 1 aromatic carbocycles. The van der Waals surface area contributed by atoms with Crippen LogP contribution >= 0.6 is 11.8 Å². The number of nitrogens with zero attached hydrogens (tertiary/aromatic N) is 4. The summed E-state index contributed by atoms with van der Waals surface area (Å²) in [6.45, 7) is 2.89. The van der Waals surface area contributed by atoms with Gasteiger partial charge in [-0.1, -0.05) is 36.9 Å². The van der Waals surface area contributed by atoms with Gasteiger partial charge in [0.25, 0.3) is 0 Å². The number of rotatable bonds is 10. The van der Waals surface area contributed by atoms with Crippen molar-refractivity contribution < 1.29 is 14.3 Å². The van der Waals surface area contributed by atoms with Gasteiger partial charge < -0.3 is 14.8 Å². The van der Waals surface area contributed by atoms with Gasteiger partial charge in [0.05, 0.1) is 18.0 Å². The van der Waals surface area contributed by atoms with Crippen LogP contribution in [0.5, 0.6) is 5.88 Å². The van der Waals surface area contributed by atoms with Gasteiger partial charge in [0.2, 0.25) is 11.8 Å². The van der Waals surface area contributed by atoms with Crippen LogP contribution in [0.2, 0.25) is 0 Å². The van der Waals surface area contributed by atoms with Crippen LogP contribution < -0.4 is 10.1 Å². The predicted molar refractivity (Wildman–Crippen MR) is 112 cm³/mol. The van der Waals surface area contributed by atoms with Crippen LogP contribution in [0.3, 0.4) is 0 Å². The van der Waals surface area contributed by atoms with Crippen LogP contribution in [0.1, 0.15) is 12.5 Å². The highest BCUT2D eigenvalue weighted by atomic mass is 32.2. The second-order valence-corrected chi connectivity index (χ2v) is 6.94. The maximum absolute atomic E-state index is 12.5. The maximum atomic E-state index is 12.5. The number of carbonyl (C=O) groups is 1. The lowest BCUT2D eigenvalue weighted by Crippen LogP contribution is -2.16. The Bertz CT molecular complexity index is 947. The summed E-state index contributed by atoms with van der Waals surface area (Å²) < 4.78 is 12.4. The Morgan fingerprint density at radius 3 is 2.90 bits per heavy atom. The number of nitrogens with one attached hydrogen (secondary N) is 1. The number of pyridine rings is 1. The van der Waals surface area contributed by atoms with Crippen LogP contribution in [0.25, 0.3) is 5.69 Å². The molecule has 152 valence electrons. The Kier molecular flexibility index (Phi) is 7.60. The van der Waals surface area contributed by atoms with E-state index in [-0.39, 0.29) is 11.7 Å². The molecule has 29 heavy (non-hydrogen) atoms. The van der Waals surface area contributed by atoms with Crippen molar-refractivity contribution in [3.63, 3.8) is 0 Å². The molecule has 8 nitrogen and oxygen atoms in total. The molecule has 0 atom stereocenters. The largest absolute Gasteiger partial charge is 0.474 e. The molecule has 2 heterocycles. The molecule has 3 rings (SSSR count). The van der Waals surface area contributed by atoms with Crippen molar-refractivity contribution in [2.24, 2.45) is 0 Å². The van der Waals surface area contributed by atoms with Gasteiger partial charge in [-0.2, -0.15) is 0 Å². The summed E-state index contributed by atoms with van der Waals surface area (Å²) in [4.78, 5) is 16.6. The summed E-state index contributed by atoms with van der Waals surface area (Å²) in [7, 11) is 1.60. The van der Waals surface area contributed by atoms with E-state index in [4.69, 9.17) is 9.47 Å². The van der Waals surface area contributed by atoms with Gasteiger partial charge in [-0.25, -0.2) is 4.98 Å². The highest BCUT2D eigenvalue weighted by Gasteiger charge is 2.14. The lowest BCUT2D eigenvalue weighted by molar-refractivity contribution is -0.113. The van der Waals surface area contributed by atoms with Crippen molar-refractivity contribution in [2.75, 3.05) is 31.4 Å². The molecule has 1 N–H and O–H groups in total. The van der Waals surface area contributed by atoms with Crippen molar-refractivity contribution in [3.05, 3.63) is 54.5 Å². The van der Waals surface area contributed by atoms with Crippen LogP contribution in [-0.4, -0.2) is 51.7 Å². The number of anilines is 1. The molecule has 0 bridgehead atoms. The van der Waals surface area contributed by atoms with E-state index in [0.717, 1.165) is 12.1 Å². The number of ether oxygens (including phenoxy) is 2. The second kappa shape index (κ2) is 10.6. The first-order valence-corrected chi connectivity index (χ1v) is 10.2. The Labute approximate surface area is 173 Å². The fourth-order valence-electron chi connectivity index (χ4n) is 2.67. The topological polar surface area (TPSA) is 91.2 Å². The van der Waals surface area contributed by atoms with Crippen LogP contribution in [0.15, 0.2) is 54.1 Å². The number of hydrogen-bond acceptors (Lipinski definition) is 7. The minimum absolute atomic E-state index is 0.180. The Balaban J connectivity index is 1.64. The highest BCUT2D eigenvalue weighted by molar-refractivity contribution is 7.99. The van der Waals surface area contributed by atoms with E-state index in [1.165, 1.54) is 17.3 Å². The number of hydrogen-bond donors (Lipinski definition) is 1. The first-order valence-electron chi connectivity index (χ1n) is 9.20. The van der Waals surface area contributed by atoms with E-state index in [9.17, 15) is 4.79 Å². The summed E-state index contributed by atoms with van der Waals surface area (Å²) in [5.74, 6) is 0.361. The van der Waals surface area contributed by atoms with Crippen molar-refractivity contribution in [3.8, 4) is 11.6 Å². The molecule has 0 spiro atoms. The van der Waals surface area contributed by atoms with Gasteiger partial charge in [0.1, 0.15) is 18.6 Å². The average molecular weight is 414 g/mol. The fraction of sp³-hybridized carbons (Fsp3) is 0.300. The molecular weight excluding hydrogens is 390 g/mol. The van der Waals surface area contributed by atoms with Gasteiger partial charge in [0.15, 0.2) is 5.16 Å². The summed E-state index contributed by atoms with van der Waals surface area (Å²) in [5.41, 5.74) is 2.72. The van der Waals surface area contributed by atoms with Crippen LogP contribution in [0.4, 0.5) is 5.69 Å². The molecule has 0 radical (unpaired) electrons. The quantitative estimate of drug-likeness (QED) is 0.404. The van der Waals surface area contributed by atoms with Gasteiger partial charge in [-0.05, 0) is 30.2 Å². The number of aromatic nitrogens is 4. The number of para-hydroxylation sites is 1. The van der Waals surface area contributed by atoms with Crippen LogP contribution in [0, 0.1) is 0 Å². The average Bonchev–Trinajstić information content (AvgIpc) is 3.22. The van der Waals surface area contributed by atoms with Crippen molar-refractivity contribution in [2.45, 2.75) is 18.5 Å². The van der Waals surface area contributed by atoms with Gasteiger partial charge in [-0.3, -0.25) is 9.36 Å². The Morgan fingerprint density at radius 1 is 1.21 bits per heavy atom. The molecule has 0 fully saturated rings. The smallest absolute Gasteiger partial charge is 0.237 e. The lowest BCUT2D eigenvalue weighted by Gasteiger charge is -2.12. The van der Waals surface area contributed by atoms with E-state index in [1.807, 2.05) is 22.8 Å². The standard InChI is InChI=1S/C20H23N5O3S/c1-3-15-7-4-5-9-17(15)25-14-22-24-20(25)29-13-18(26)23-16-8-6-10-21-19(16)28-12-11-27-2/h4-10,14H,3,11-13H2,1-2H3,(H,23,26). The molecule has 9 heteroatoms. The number of benzene rings is 1. The molecule has 0 saturated heterocycles. The molecule has 3 aromatic rings. The molecule has 0 aliphatic carbocycles. The van der Waals surface area contributed by atoms with E-state index < -0.39 is 0 Å². The zero-order valence-corrected chi connectivity index (χ0v) is 17.2. The Morgan fingerprint density at radius 2 is 2.07 bits per heavy atom. The van der Waals surface area contributed by atoms with Crippen molar-refractivity contribution in [1.82, 2.24) is 19.7 Å². The number of aryl methyl sites for hydroxylation is 1. The van der Waals surface area contributed by atoms with E-state index in [0.29, 0.717) is 29.9 Å². The molecule has 2 aromatic heterocycles. The van der Waals surface area contributed by atoms with Gasteiger partial charge >= 0.3 is 0 Å². The van der Waals surface area contributed by atoms with Crippen molar-refractivity contribution in [1.29, 1.82) is 0 Å². The third-order valence-electron chi connectivity index (χ3n) is 4.05. The first kappa shape index (κ1) is 20.8. The summed E-state index contributed by atoms with van der Waals surface area (Å²) >= 11 is 1.32. The zero-order chi connectivity index (χ0) is 20.5. The van der Waals surface area contributed by atoms with E-state index >= 15 is 0 Å². The second-order valence-electron chi connectivity index (χ2n) is 6.00. The molecule has 0 aliphatic rings. The molecule has 0 saturated carbocycles. The number of methoxy groups -OCH3 is 1. The van der Waals surface area contributed by atoms with E-state index in [2.05, 4.69) is 33.5 Å². The van der Waals surface area contributed by atoms with Gasteiger partial charge in [-0.15, -0.1) is 10.2 Å². The van der Waals surface area contributed by atoms with Crippen molar-refractivity contribution >= 4 is 23.4 Å².